The van der Waals surface area contributed by atoms with Gasteiger partial charge in [0.15, 0.2) is 0 Å². The van der Waals surface area contributed by atoms with Crippen LogP contribution in [-0.4, -0.2) is 52.1 Å². The summed E-state index contributed by atoms with van der Waals surface area (Å²) in [5.74, 6) is 0.715. The molecule has 6 nitrogen and oxygen atoms in total. The molecule has 3 rings (SSSR count). The van der Waals surface area contributed by atoms with Crippen molar-refractivity contribution in [2.45, 2.75) is 89.9 Å². The molecule has 0 saturated carbocycles. The van der Waals surface area contributed by atoms with E-state index in [4.69, 9.17) is 9.72 Å². The number of aliphatic hydroxyl groups excluding tert-OH is 1. The quantitative estimate of drug-likeness (QED) is 0.346. The molecule has 1 saturated heterocycles. The minimum atomic E-state index is -0.903. The fraction of sp³-hybridized carbons (Fsp3) is 0.586. The summed E-state index contributed by atoms with van der Waals surface area (Å²) in [5, 5.41) is 20.8. The first kappa shape index (κ1) is 27.2. The summed E-state index contributed by atoms with van der Waals surface area (Å²) < 4.78 is 5.80. The first-order chi connectivity index (χ1) is 16.6. The van der Waals surface area contributed by atoms with E-state index in [1.807, 2.05) is 38.2 Å². The molecule has 2 aliphatic heterocycles. The molecule has 0 aliphatic carbocycles. The molecule has 1 unspecified atom stereocenters. The van der Waals surface area contributed by atoms with Gasteiger partial charge in [-0.25, -0.2) is 4.98 Å². The van der Waals surface area contributed by atoms with Gasteiger partial charge in [-0.2, -0.15) is 0 Å². The number of allylic oxidation sites excluding steroid dienone is 3. The summed E-state index contributed by atoms with van der Waals surface area (Å²) in [6.45, 7) is 10.0. The summed E-state index contributed by atoms with van der Waals surface area (Å²) in [6, 6.07) is 6.22. The number of aliphatic hydroxyl groups is 2. The van der Waals surface area contributed by atoms with E-state index in [9.17, 15) is 15.0 Å². The number of ether oxygens (including phenoxy) is 1. The van der Waals surface area contributed by atoms with Crippen molar-refractivity contribution < 1.29 is 19.7 Å². The van der Waals surface area contributed by atoms with E-state index in [1.165, 1.54) is 12.8 Å². The molecular formula is C29H42N2O4. The third kappa shape index (κ3) is 8.32. The molecule has 6 heteroatoms. The van der Waals surface area contributed by atoms with Crippen molar-refractivity contribution in [1.29, 1.82) is 0 Å². The predicted molar refractivity (Wildman–Crippen MR) is 140 cm³/mol. The van der Waals surface area contributed by atoms with Crippen LogP contribution in [0.15, 0.2) is 54.2 Å². The molecule has 1 aromatic heterocycles. The zero-order chi connectivity index (χ0) is 25.4. The van der Waals surface area contributed by atoms with Gasteiger partial charge >= 0.3 is 5.97 Å². The minimum absolute atomic E-state index is 0.0628. The normalized spacial score (nSPS) is 31.0. The third-order valence-electron chi connectivity index (χ3n) is 7.01. The van der Waals surface area contributed by atoms with Crippen molar-refractivity contribution in [3.8, 4) is 0 Å². The second kappa shape index (κ2) is 12.5. The number of aromatic nitrogens is 1. The molecule has 192 valence electrons. The van der Waals surface area contributed by atoms with E-state index in [1.54, 1.807) is 6.92 Å². The van der Waals surface area contributed by atoms with E-state index in [-0.39, 0.29) is 18.3 Å². The summed E-state index contributed by atoms with van der Waals surface area (Å²) in [4.78, 5) is 19.7. The molecular weight excluding hydrogens is 440 g/mol. The Balaban J connectivity index is 1.71. The zero-order valence-corrected chi connectivity index (χ0v) is 21.7. The average molecular weight is 483 g/mol. The number of hydrogen-bond acceptors (Lipinski definition) is 6. The van der Waals surface area contributed by atoms with Gasteiger partial charge in [0.25, 0.3) is 0 Å². The summed E-state index contributed by atoms with van der Waals surface area (Å²) in [6.07, 6.45) is 12.5. The maximum absolute atomic E-state index is 12.5. The molecule has 1 fully saturated rings. The third-order valence-corrected chi connectivity index (χ3v) is 7.01. The Bertz CT molecular complexity index is 930. The van der Waals surface area contributed by atoms with Crippen LogP contribution in [-0.2, 0) is 9.53 Å². The number of hydrogen-bond donors (Lipinski definition) is 2. The highest BCUT2D eigenvalue weighted by Gasteiger charge is 2.26. The van der Waals surface area contributed by atoms with E-state index in [2.05, 4.69) is 36.1 Å². The van der Waals surface area contributed by atoms with Crippen molar-refractivity contribution in [1.82, 2.24) is 4.98 Å². The summed E-state index contributed by atoms with van der Waals surface area (Å²) in [7, 11) is 0. The Labute approximate surface area is 210 Å². The van der Waals surface area contributed by atoms with Crippen LogP contribution in [0.2, 0.25) is 0 Å². The van der Waals surface area contributed by atoms with Gasteiger partial charge in [-0.1, -0.05) is 50.3 Å². The van der Waals surface area contributed by atoms with Crippen molar-refractivity contribution in [2.75, 3.05) is 18.0 Å². The van der Waals surface area contributed by atoms with Gasteiger partial charge in [0.2, 0.25) is 0 Å². The smallest absolute Gasteiger partial charge is 0.309 e. The fourth-order valence-corrected chi connectivity index (χ4v) is 4.70. The molecule has 0 aromatic carbocycles. The van der Waals surface area contributed by atoms with E-state index in [0.29, 0.717) is 19.3 Å². The molecule has 0 amide bonds. The number of cyclic esters (lactones) is 1. The first-order valence-electron chi connectivity index (χ1n) is 13.0. The number of pyridine rings is 1. The van der Waals surface area contributed by atoms with Crippen LogP contribution in [0.25, 0.3) is 0 Å². The molecule has 2 N–H and O–H groups in total. The van der Waals surface area contributed by atoms with Crippen molar-refractivity contribution in [2.24, 2.45) is 5.92 Å². The van der Waals surface area contributed by atoms with Crippen LogP contribution in [0.3, 0.4) is 0 Å². The second-order valence-electron chi connectivity index (χ2n) is 10.5. The van der Waals surface area contributed by atoms with Crippen LogP contribution < -0.4 is 4.90 Å². The zero-order valence-electron chi connectivity index (χ0n) is 21.7. The highest BCUT2D eigenvalue weighted by atomic mass is 16.5. The van der Waals surface area contributed by atoms with Gasteiger partial charge in [-0.3, -0.25) is 4.79 Å². The Morgan fingerprint density at radius 2 is 2.06 bits per heavy atom. The van der Waals surface area contributed by atoms with E-state index < -0.39 is 23.8 Å². The van der Waals surface area contributed by atoms with Gasteiger partial charge in [0.05, 0.1) is 18.1 Å². The fourth-order valence-electron chi connectivity index (χ4n) is 4.70. The van der Waals surface area contributed by atoms with E-state index >= 15 is 0 Å². The number of nitrogens with zero attached hydrogens (tertiary/aromatic N) is 2. The molecule has 2 aliphatic rings. The van der Waals surface area contributed by atoms with Gasteiger partial charge < -0.3 is 19.8 Å². The van der Waals surface area contributed by atoms with Crippen molar-refractivity contribution in [3.05, 3.63) is 59.8 Å². The Kier molecular flexibility index (Phi) is 9.70. The monoisotopic (exact) mass is 482 g/mol. The summed E-state index contributed by atoms with van der Waals surface area (Å²) in [5.41, 5.74) is 1.06. The Morgan fingerprint density at radius 3 is 2.80 bits per heavy atom. The van der Waals surface area contributed by atoms with Crippen LogP contribution in [0.1, 0.15) is 77.8 Å². The molecule has 35 heavy (non-hydrogen) atoms. The number of anilines is 1. The average Bonchev–Trinajstić information content (AvgIpc) is 3.35. The lowest BCUT2D eigenvalue weighted by Gasteiger charge is -2.27. The van der Waals surface area contributed by atoms with Crippen molar-refractivity contribution >= 4 is 11.8 Å². The number of carbonyl (C=O) groups excluding carboxylic acids is 1. The van der Waals surface area contributed by atoms with E-state index in [0.717, 1.165) is 30.2 Å². The van der Waals surface area contributed by atoms with Crippen molar-refractivity contribution in [3.63, 3.8) is 0 Å². The lowest BCUT2D eigenvalue weighted by molar-refractivity contribution is -0.151. The SMILES string of the molecule is C/C(=C\C=C\C(C)c1cccc(N2CCCC2)n1)[C@H]1OC(=O)C[C@H](O)CC[C@@](C)(O)C/C=C/[C@@H]1C. The maximum Gasteiger partial charge on any atom is 0.309 e. The number of rotatable bonds is 5. The molecule has 0 spiro atoms. The minimum Gasteiger partial charge on any atom is -0.457 e. The van der Waals surface area contributed by atoms with Gasteiger partial charge in [-0.15, -0.1) is 0 Å². The topological polar surface area (TPSA) is 82.9 Å². The molecule has 0 bridgehead atoms. The molecule has 0 radical (unpaired) electrons. The Hall–Kier alpha value is -2.44. The highest BCUT2D eigenvalue weighted by Crippen LogP contribution is 2.25. The van der Waals surface area contributed by atoms with Crippen LogP contribution >= 0.6 is 0 Å². The summed E-state index contributed by atoms with van der Waals surface area (Å²) >= 11 is 0. The van der Waals surface area contributed by atoms with Gasteiger partial charge in [-0.05, 0) is 63.7 Å². The first-order valence-corrected chi connectivity index (χ1v) is 13.0. The standard InChI is InChI=1S/C29H42N2O4/c1-21(25-13-8-14-26(30-25)31-18-5-6-19-31)10-7-11-22(2)28-23(3)12-9-16-29(4,34)17-15-24(32)20-27(33)35-28/h7-14,21,23-24,28,32,34H,5-6,15-20H2,1-4H3/b10-7+,12-9+,22-11+/t21?,23-,24+,28+,29-/m0/s1. The highest BCUT2D eigenvalue weighted by molar-refractivity contribution is 5.70. The predicted octanol–water partition coefficient (Wildman–Crippen LogP) is 5.08. The van der Waals surface area contributed by atoms with Crippen LogP contribution in [0.5, 0.6) is 0 Å². The largest absolute Gasteiger partial charge is 0.457 e. The van der Waals surface area contributed by atoms with Gasteiger partial charge in [0.1, 0.15) is 11.9 Å². The lowest BCUT2D eigenvalue weighted by atomic mass is 9.91. The Morgan fingerprint density at radius 1 is 1.31 bits per heavy atom. The number of esters is 1. The lowest BCUT2D eigenvalue weighted by Crippen LogP contribution is -2.30. The number of carbonyl (C=O) groups is 1. The molecule has 1 aromatic rings. The maximum atomic E-state index is 12.5. The molecule has 3 heterocycles. The van der Waals surface area contributed by atoms with Gasteiger partial charge in [0, 0.05) is 30.6 Å². The molecule has 5 atom stereocenters. The van der Waals surface area contributed by atoms with Crippen LogP contribution in [0, 0.1) is 5.92 Å². The second-order valence-corrected chi connectivity index (χ2v) is 10.5. The van der Waals surface area contributed by atoms with Crippen LogP contribution in [0.4, 0.5) is 5.82 Å².